The maximum absolute atomic E-state index is 13.4. The lowest BCUT2D eigenvalue weighted by atomic mass is 9.97. The third-order valence-electron chi connectivity index (χ3n) is 5.94. The molecule has 2 amide bonds. The second-order valence-electron chi connectivity index (χ2n) is 8.43. The Morgan fingerprint density at radius 1 is 1.26 bits per heavy atom. The number of urea groups is 1. The van der Waals surface area contributed by atoms with Crippen LogP contribution in [0.25, 0.3) is 0 Å². The van der Waals surface area contributed by atoms with Gasteiger partial charge in [0.1, 0.15) is 0 Å². The molecular weight excluding hydrogens is 436 g/mol. The molecule has 0 aromatic carbocycles. The number of carbonyl (C=O) groups is 1. The molecule has 1 fully saturated rings. The van der Waals surface area contributed by atoms with Gasteiger partial charge >= 0.3 is 16.2 Å². The average molecular weight is 467 g/mol. The van der Waals surface area contributed by atoms with E-state index in [1.54, 1.807) is 29.3 Å². The Hall–Kier alpha value is -2.11. The first-order valence-corrected chi connectivity index (χ1v) is 12.9. The van der Waals surface area contributed by atoms with Crippen LogP contribution in [0.4, 0.5) is 16.2 Å². The lowest BCUT2D eigenvalue weighted by Crippen LogP contribution is -2.54. The number of hydrogen-bond donors (Lipinski definition) is 2. The van der Waals surface area contributed by atoms with E-state index < -0.39 is 16.2 Å². The van der Waals surface area contributed by atoms with Crippen molar-refractivity contribution in [2.24, 2.45) is 7.05 Å². The van der Waals surface area contributed by atoms with Crippen LogP contribution in [0.5, 0.6) is 0 Å². The molecule has 1 unspecified atom stereocenters. The summed E-state index contributed by atoms with van der Waals surface area (Å²) in [6.45, 7) is 3.48. The predicted molar refractivity (Wildman–Crippen MR) is 123 cm³/mol. The van der Waals surface area contributed by atoms with Gasteiger partial charge in [-0.05, 0) is 64.6 Å². The van der Waals surface area contributed by atoms with E-state index in [0.717, 1.165) is 61.2 Å². The summed E-state index contributed by atoms with van der Waals surface area (Å²) in [5.41, 5.74) is 2.37. The summed E-state index contributed by atoms with van der Waals surface area (Å²) in [6.07, 6.45) is 8.96. The van der Waals surface area contributed by atoms with E-state index in [2.05, 4.69) is 20.0 Å². The molecule has 1 aliphatic carbocycles. The molecule has 1 aliphatic heterocycles. The van der Waals surface area contributed by atoms with Crippen LogP contribution in [0, 0.1) is 6.92 Å². The van der Waals surface area contributed by atoms with Crippen LogP contribution in [-0.2, 0) is 30.1 Å². The third kappa shape index (κ3) is 4.73. The van der Waals surface area contributed by atoms with Crippen molar-refractivity contribution < 1.29 is 13.2 Å². The molecule has 9 nitrogen and oxygen atoms in total. The molecule has 1 atom stereocenters. The first kappa shape index (κ1) is 22.1. The molecule has 3 heterocycles. The maximum Gasteiger partial charge on any atom is 0.334 e. The van der Waals surface area contributed by atoms with Crippen molar-refractivity contribution >= 4 is 39.0 Å². The van der Waals surface area contributed by atoms with Crippen molar-refractivity contribution in [2.45, 2.75) is 51.5 Å². The number of fused-ring (bicyclic) bond motifs is 1. The normalized spacial score (nSPS) is 19.6. The minimum atomic E-state index is -4.13. The molecule has 31 heavy (non-hydrogen) atoms. The van der Waals surface area contributed by atoms with Gasteiger partial charge in [-0.25, -0.2) is 13.8 Å². The predicted octanol–water partition coefficient (Wildman–Crippen LogP) is 2.64. The maximum atomic E-state index is 13.4. The van der Waals surface area contributed by atoms with Crippen LogP contribution in [0.1, 0.15) is 41.0 Å². The highest BCUT2D eigenvalue weighted by Crippen LogP contribution is 2.37. The number of nitrogens with zero attached hydrogens (tertiary/aromatic N) is 4. The van der Waals surface area contributed by atoms with Crippen molar-refractivity contribution in [3.05, 3.63) is 27.7 Å². The fraction of sp³-hybridized carbons (Fsp3) is 0.600. The summed E-state index contributed by atoms with van der Waals surface area (Å²) >= 11 is 1.69. The Labute approximate surface area is 187 Å². The Balaban J connectivity index is 1.56. The number of aryl methyl sites for hydroxylation is 3. The Kier molecular flexibility index (Phi) is 6.27. The number of likely N-dealkylation sites (tertiary alicyclic amines) is 1. The number of piperidine rings is 1. The summed E-state index contributed by atoms with van der Waals surface area (Å²) in [7, 11) is -0.412. The van der Waals surface area contributed by atoms with Gasteiger partial charge in [-0.15, -0.1) is 11.3 Å². The van der Waals surface area contributed by atoms with Crippen LogP contribution in [0.15, 0.2) is 12.4 Å². The first-order chi connectivity index (χ1) is 14.7. The number of nitrogens with one attached hydrogen (secondary N) is 2. The number of rotatable bonds is 5. The summed E-state index contributed by atoms with van der Waals surface area (Å²) in [5.74, 6) is 0. The second kappa shape index (κ2) is 8.79. The smallest absolute Gasteiger partial charge is 0.306 e. The topological polar surface area (TPSA) is 99.6 Å². The minimum absolute atomic E-state index is 0.274. The monoisotopic (exact) mass is 466 g/mol. The van der Waals surface area contributed by atoms with E-state index in [0.29, 0.717) is 12.2 Å². The highest BCUT2D eigenvalue weighted by molar-refractivity contribution is 7.91. The van der Waals surface area contributed by atoms with Crippen LogP contribution < -0.4 is 14.3 Å². The first-order valence-electron chi connectivity index (χ1n) is 10.7. The van der Waals surface area contributed by atoms with Crippen molar-refractivity contribution in [3.63, 3.8) is 0 Å². The highest BCUT2D eigenvalue weighted by Gasteiger charge is 2.35. The zero-order chi connectivity index (χ0) is 22.2. The quantitative estimate of drug-likeness (QED) is 0.706. The van der Waals surface area contributed by atoms with E-state index in [1.165, 1.54) is 15.4 Å². The van der Waals surface area contributed by atoms with E-state index in [4.69, 9.17) is 0 Å². The van der Waals surface area contributed by atoms with Gasteiger partial charge < -0.3 is 10.2 Å². The van der Waals surface area contributed by atoms with E-state index in [-0.39, 0.29) is 6.04 Å². The van der Waals surface area contributed by atoms with Crippen LogP contribution in [-0.4, -0.2) is 55.3 Å². The second-order valence-corrected chi connectivity index (χ2v) is 11.3. The van der Waals surface area contributed by atoms with Gasteiger partial charge in [0, 0.05) is 29.5 Å². The van der Waals surface area contributed by atoms with Gasteiger partial charge in [-0.1, -0.05) is 0 Å². The van der Waals surface area contributed by atoms with Crippen molar-refractivity contribution in [2.75, 3.05) is 29.8 Å². The minimum Gasteiger partial charge on any atom is -0.306 e. The van der Waals surface area contributed by atoms with E-state index >= 15 is 0 Å². The zero-order valence-corrected chi connectivity index (χ0v) is 19.9. The third-order valence-corrected chi connectivity index (χ3v) is 8.62. The highest BCUT2D eigenvalue weighted by atomic mass is 32.2. The zero-order valence-electron chi connectivity index (χ0n) is 18.2. The SMILES string of the molecule is Cc1sc2c(c1NC(=O)NS(=O)(=O)N(c1cnn(C)c1)C1CCCN(C)C1)CCCC2. The largest absolute Gasteiger partial charge is 0.334 e. The van der Waals surface area contributed by atoms with Crippen LogP contribution in [0.3, 0.4) is 0 Å². The Morgan fingerprint density at radius 2 is 2.03 bits per heavy atom. The molecule has 0 saturated carbocycles. The fourth-order valence-electron chi connectivity index (χ4n) is 4.57. The lowest BCUT2D eigenvalue weighted by molar-refractivity contribution is 0.251. The van der Waals surface area contributed by atoms with Gasteiger partial charge in [-0.3, -0.25) is 4.68 Å². The summed E-state index contributed by atoms with van der Waals surface area (Å²) in [5, 5.41) is 6.96. The Morgan fingerprint density at radius 3 is 2.74 bits per heavy atom. The van der Waals surface area contributed by atoms with Crippen molar-refractivity contribution in [1.29, 1.82) is 0 Å². The molecule has 4 rings (SSSR count). The number of likely N-dealkylation sites (N-methyl/N-ethyl adjacent to an activating group) is 1. The lowest BCUT2D eigenvalue weighted by Gasteiger charge is -2.37. The van der Waals surface area contributed by atoms with Gasteiger partial charge in [0.2, 0.25) is 0 Å². The van der Waals surface area contributed by atoms with E-state index in [9.17, 15) is 13.2 Å². The van der Waals surface area contributed by atoms with Crippen molar-refractivity contribution in [3.8, 4) is 0 Å². The number of anilines is 2. The molecule has 2 aromatic rings. The molecule has 2 aliphatic rings. The molecule has 0 radical (unpaired) electrons. The molecule has 0 spiro atoms. The number of carbonyl (C=O) groups excluding carboxylic acids is 1. The molecule has 2 aromatic heterocycles. The molecule has 2 N–H and O–H groups in total. The molecular formula is C20H30N6O3S2. The fourth-order valence-corrected chi connectivity index (χ4v) is 7.11. The summed E-state index contributed by atoms with van der Waals surface area (Å²) in [4.78, 5) is 17.2. The molecule has 11 heteroatoms. The molecule has 1 saturated heterocycles. The van der Waals surface area contributed by atoms with Gasteiger partial charge in [0.05, 0.1) is 23.6 Å². The number of thiophene rings is 1. The number of aromatic nitrogens is 2. The van der Waals surface area contributed by atoms with Crippen molar-refractivity contribution in [1.82, 2.24) is 19.4 Å². The summed E-state index contributed by atoms with van der Waals surface area (Å²) in [6, 6.07) is -1.00. The average Bonchev–Trinajstić information content (AvgIpc) is 3.24. The Bertz CT molecular complexity index is 1060. The van der Waals surface area contributed by atoms with Gasteiger partial charge in [0.15, 0.2) is 0 Å². The van der Waals surface area contributed by atoms with Gasteiger partial charge in [0.25, 0.3) is 0 Å². The summed E-state index contributed by atoms with van der Waals surface area (Å²) < 4.78 is 31.8. The van der Waals surface area contributed by atoms with E-state index in [1.807, 2.05) is 14.0 Å². The molecule has 0 bridgehead atoms. The number of amides is 2. The van der Waals surface area contributed by atoms with Gasteiger partial charge in [-0.2, -0.15) is 13.5 Å². The van der Waals surface area contributed by atoms with Crippen LogP contribution >= 0.6 is 11.3 Å². The van der Waals surface area contributed by atoms with Crippen LogP contribution in [0.2, 0.25) is 0 Å². The standard InChI is InChI=1S/C20H30N6O3S2/c1-14-19(17-8-4-5-9-18(17)30-14)22-20(27)23-31(28,29)26(16-11-21-25(3)13-16)15-7-6-10-24(2)12-15/h11,13,15H,4-10,12H2,1-3H3,(H2,22,23,27). The molecule has 170 valence electrons. The number of hydrogen-bond acceptors (Lipinski definition) is 6.